The number of esters is 1. The van der Waals surface area contributed by atoms with Crippen molar-refractivity contribution in [2.24, 2.45) is 50.7 Å². The van der Waals surface area contributed by atoms with E-state index in [1.807, 2.05) is 0 Å². The molecule has 1 aromatic rings. The number of Topliss-reactive ketones (excluding diaryl/α,β-unsaturated/α-hetero) is 2. The minimum atomic E-state index is -0.714. The zero-order chi connectivity index (χ0) is 31.2. The molecule has 8 atom stereocenters. The molecule has 4 saturated carbocycles. The number of fused-ring (bicyclic) bond motifs is 7. The van der Waals surface area contributed by atoms with Gasteiger partial charge in [0.25, 0.3) is 0 Å². The molecule has 0 unspecified atom stereocenters. The summed E-state index contributed by atoms with van der Waals surface area (Å²) in [6, 6.07) is 1.78. The average molecular weight is 589 g/mol. The van der Waals surface area contributed by atoms with Gasteiger partial charge in [0.15, 0.2) is 11.6 Å². The Kier molecular flexibility index (Phi) is 7.18. The van der Waals surface area contributed by atoms with Gasteiger partial charge in [0.05, 0.1) is 11.8 Å². The summed E-state index contributed by atoms with van der Waals surface area (Å²) in [6.07, 6.45) is 12.0. The number of rotatable bonds is 5. The van der Waals surface area contributed by atoms with Crippen LogP contribution in [0.25, 0.3) is 0 Å². The summed E-state index contributed by atoms with van der Waals surface area (Å²) in [6.45, 7) is 18.1. The second-order valence-corrected chi connectivity index (χ2v) is 16.5. The summed E-state index contributed by atoms with van der Waals surface area (Å²) in [5, 5.41) is 0. The van der Waals surface area contributed by atoms with E-state index in [0.29, 0.717) is 24.1 Å². The molecule has 0 amide bonds. The Morgan fingerprint density at radius 2 is 1.60 bits per heavy atom. The maximum absolute atomic E-state index is 14.3. The predicted molar refractivity (Wildman–Crippen MR) is 166 cm³/mol. The van der Waals surface area contributed by atoms with Gasteiger partial charge >= 0.3 is 5.97 Å². The standard InChI is InChI=1S/C37H52N2O4/c1-22(2)31-25(41)21-37(28(42)20-30-38-18-9-19-39-30)17-16-35(7)24(32(31)37)10-11-27-34(6)14-13-29(43-23(3)40)33(4,5)26(34)12-15-36(27,35)8/h9,18-19,22,24,26-27,29H,10-17,20-21H2,1-8H3/t24-,26+,27-,29+,34+,35-,36-,37+/m1/s1. The molecule has 43 heavy (non-hydrogen) atoms. The number of hydrogen-bond acceptors (Lipinski definition) is 6. The van der Waals surface area contributed by atoms with E-state index < -0.39 is 5.41 Å². The Balaban J connectivity index is 1.39. The zero-order valence-electron chi connectivity index (χ0n) is 27.7. The molecule has 0 radical (unpaired) electrons. The molecule has 0 aliphatic heterocycles. The lowest BCUT2D eigenvalue weighted by Gasteiger charge is -2.72. The summed E-state index contributed by atoms with van der Waals surface area (Å²) in [5.41, 5.74) is 1.64. The molecule has 1 heterocycles. The van der Waals surface area contributed by atoms with Crippen LogP contribution < -0.4 is 0 Å². The summed E-state index contributed by atoms with van der Waals surface area (Å²) < 4.78 is 5.92. The second kappa shape index (κ2) is 10.1. The van der Waals surface area contributed by atoms with Gasteiger partial charge in [0, 0.05) is 31.2 Å². The van der Waals surface area contributed by atoms with Crippen LogP contribution in [-0.2, 0) is 25.5 Å². The fourth-order valence-electron chi connectivity index (χ4n) is 12.1. The van der Waals surface area contributed by atoms with Crippen LogP contribution in [0.3, 0.4) is 0 Å². The first-order chi connectivity index (χ1) is 20.1. The predicted octanol–water partition coefficient (Wildman–Crippen LogP) is 7.50. The smallest absolute Gasteiger partial charge is 0.302 e. The van der Waals surface area contributed by atoms with Crippen LogP contribution >= 0.6 is 0 Å². The van der Waals surface area contributed by atoms with Crippen molar-refractivity contribution in [1.82, 2.24) is 9.97 Å². The highest BCUT2D eigenvalue weighted by atomic mass is 16.5. The highest BCUT2D eigenvalue weighted by molar-refractivity contribution is 6.07. The topological polar surface area (TPSA) is 86.2 Å². The lowest BCUT2D eigenvalue weighted by molar-refractivity contribution is -0.232. The third-order valence-corrected chi connectivity index (χ3v) is 14.1. The third kappa shape index (κ3) is 4.20. The Morgan fingerprint density at radius 1 is 0.907 bits per heavy atom. The number of nitrogens with zero attached hydrogens (tertiary/aromatic N) is 2. The molecule has 0 saturated heterocycles. The summed E-state index contributed by atoms with van der Waals surface area (Å²) >= 11 is 0. The van der Waals surface area contributed by atoms with Crippen LogP contribution in [0.2, 0.25) is 0 Å². The minimum absolute atomic E-state index is 0.00783. The molecule has 6 heteroatoms. The maximum atomic E-state index is 14.3. The summed E-state index contributed by atoms with van der Waals surface area (Å²) in [5.74, 6) is 2.08. The number of ketones is 2. The lowest BCUT2D eigenvalue weighted by Crippen LogP contribution is -2.66. The van der Waals surface area contributed by atoms with E-state index in [-0.39, 0.29) is 63.6 Å². The highest BCUT2D eigenvalue weighted by Gasteiger charge is 2.70. The van der Waals surface area contributed by atoms with Crippen molar-refractivity contribution < 1.29 is 19.1 Å². The van der Waals surface area contributed by atoms with Gasteiger partial charge in [-0.05, 0) is 108 Å². The van der Waals surface area contributed by atoms with Crippen LogP contribution in [0.1, 0.15) is 119 Å². The van der Waals surface area contributed by atoms with E-state index in [4.69, 9.17) is 4.74 Å². The van der Waals surface area contributed by atoms with Crippen molar-refractivity contribution in [2.75, 3.05) is 0 Å². The second-order valence-electron chi connectivity index (χ2n) is 16.5. The quantitative estimate of drug-likeness (QED) is 0.331. The molecule has 0 N–H and O–H groups in total. The van der Waals surface area contributed by atoms with Gasteiger partial charge in [0.1, 0.15) is 11.9 Å². The Labute approximate surface area is 258 Å². The number of carbonyl (C=O) groups excluding carboxylic acids is 3. The van der Waals surface area contributed by atoms with Crippen LogP contribution in [0.4, 0.5) is 0 Å². The molecule has 1 aromatic heterocycles. The van der Waals surface area contributed by atoms with Crippen LogP contribution in [0, 0.1) is 50.7 Å². The molecular formula is C37H52N2O4. The first-order valence-corrected chi connectivity index (χ1v) is 16.9. The van der Waals surface area contributed by atoms with Gasteiger partial charge in [0.2, 0.25) is 0 Å². The Morgan fingerprint density at radius 3 is 2.26 bits per heavy atom. The third-order valence-electron chi connectivity index (χ3n) is 14.1. The fourth-order valence-corrected chi connectivity index (χ4v) is 12.1. The molecule has 6 nitrogen and oxygen atoms in total. The number of ether oxygens (including phenoxy) is 1. The van der Waals surface area contributed by atoms with E-state index in [9.17, 15) is 14.4 Å². The van der Waals surface area contributed by atoms with Crippen LogP contribution in [-0.4, -0.2) is 33.6 Å². The van der Waals surface area contributed by atoms with Crippen molar-refractivity contribution in [3.63, 3.8) is 0 Å². The highest BCUT2D eigenvalue weighted by Crippen LogP contribution is 2.76. The van der Waals surface area contributed by atoms with Gasteiger partial charge < -0.3 is 4.74 Å². The summed E-state index contributed by atoms with van der Waals surface area (Å²) in [7, 11) is 0. The van der Waals surface area contributed by atoms with Crippen molar-refractivity contribution in [2.45, 2.75) is 126 Å². The van der Waals surface area contributed by atoms with Crippen molar-refractivity contribution in [3.05, 3.63) is 35.4 Å². The van der Waals surface area contributed by atoms with Crippen LogP contribution in [0.15, 0.2) is 29.6 Å². The number of carbonyl (C=O) groups is 3. The average Bonchev–Trinajstić information content (AvgIpc) is 3.24. The molecule has 5 aliphatic carbocycles. The number of aromatic nitrogens is 2. The van der Waals surface area contributed by atoms with Gasteiger partial charge in [-0.15, -0.1) is 0 Å². The van der Waals surface area contributed by atoms with Crippen molar-refractivity contribution in [1.29, 1.82) is 0 Å². The Bertz CT molecular complexity index is 1370. The molecule has 5 aliphatic rings. The molecular weight excluding hydrogens is 536 g/mol. The first kappa shape index (κ1) is 30.6. The normalized spacial score (nSPS) is 41.7. The largest absolute Gasteiger partial charge is 0.462 e. The molecule has 6 rings (SSSR count). The van der Waals surface area contributed by atoms with Gasteiger partial charge in [-0.25, -0.2) is 9.97 Å². The Hall–Kier alpha value is -2.37. The summed E-state index contributed by atoms with van der Waals surface area (Å²) in [4.78, 5) is 48.9. The monoisotopic (exact) mass is 588 g/mol. The SMILES string of the molecule is CC(=O)O[C@H]1CC[C@]2(C)[C@H]3CC[C@@H]4C5=C(C(C)C)C(=O)C[C@]5(C(=O)Cc5ncccn5)CC[C@@]4(C)[C@]3(C)CC[C@H]2C1(C)C. The lowest BCUT2D eigenvalue weighted by atomic mass is 9.33. The number of allylic oxidation sites excluding steroid dienone is 2. The molecule has 0 spiro atoms. The van der Waals surface area contributed by atoms with Gasteiger partial charge in [-0.3, -0.25) is 14.4 Å². The molecule has 0 bridgehead atoms. The van der Waals surface area contributed by atoms with Crippen molar-refractivity contribution in [3.8, 4) is 0 Å². The van der Waals surface area contributed by atoms with E-state index in [1.165, 1.54) is 5.57 Å². The molecule has 234 valence electrons. The molecule has 0 aromatic carbocycles. The van der Waals surface area contributed by atoms with E-state index in [1.54, 1.807) is 25.4 Å². The van der Waals surface area contributed by atoms with E-state index >= 15 is 0 Å². The number of hydrogen-bond donors (Lipinski definition) is 0. The van der Waals surface area contributed by atoms with Gasteiger partial charge in [-0.2, -0.15) is 0 Å². The fraction of sp³-hybridized carbons (Fsp3) is 0.757. The zero-order valence-corrected chi connectivity index (χ0v) is 27.7. The van der Waals surface area contributed by atoms with E-state index in [2.05, 4.69) is 58.4 Å². The van der Waals surface area contributed by atoms with E-state index in [0.717, 1.165) is 56.9 Å². The minimum Gasteiger partial charge on any atom is -0.462 e. The molecule has 4 fully saturated rings. The maximum Gasteiger partial charge on any atom is 0.302 e. The van der Waals surface area contributed by atoms with Crippen LogP contribution in [0.5, 0.6) is 0 Å². The first-order valence-electron chi connectivity index (χ1n) is 16.9. The van der Waals surface area contributed by atoms with Crippen molar-refractivity contribution >= 4 is 17.5 Å². The van der Waals surface area contributed by atoms with Gasteiger partial charge in [-0.1, -0.05) is 48.5 Å².